The number of nitrogens with one attached hydrogen (secondary N) is 1. The van der Waals surface area contributed by atoms with Crippen LogP contribution in [0.3, 0.4) is 0 Å². The van der Waals surface area contributed by atoms with Crippen molar-refractivity contribution in [3.63, 3.8) is 0 Å². The fraction of sp³-hybridized carbons (Fsp3) is 0.231. The monoisotopic (exact) mass is 351 g/mol. The van der Waals surface area contributed by atoms with Crippen LogP contribution in [0.4, 0.5) is 11.4 Å². The molecule has 4 aromatic carbocycles. The van der Waals surface area contributed by atoms with E-state index in [0.717, 1.165) is 11.6 Å². The molecule has 1 nitrogen and oxygen atoms in total. The predicted octanol–water partition coefficient (Wildman–Crippen LogP) is 7.78. The van der Waals surface area contributed by atoms with Gasteiger partial charge in [0.15, 0.2) is 0 Å². The summed E-state index contributed by atoms with van der Waals surface area (Å²) >= 11 is 0. The van der Waals surface area contributed by atoms with E-state index >= 15 is 0 Å². The molecule has 0 radical (unpaired) electrons. The largest absolute Gasteiger partial charge is 0.355 e. The Labute approximate surface area is 161 Å². The SMILES string of the molecule is c1ccc2c(c1)ccc1cccc(Nc3ccc(C4CCCCC4)cc3)c12. The first-order valence-corrected chi connectivity index (χ1v) is 10.2. The second-order valence-electron chi connectivity index (χ2n) is 7.77. The van der Waals surface area contributed by atoms with Crippen molar-refractivity contribution in [1.82, 2.24) is 0 Å². The van der Waals surface area contributed by atoms with E-state index in [1.165, 1.54) is 64.9 Å². The molecule has 0 aliphatic heterocycles. The van der Waals surface area contributed by atoms with E-state index in [2.05, 4.69) is 84.2 Å². The van der Waals surface area contributed by atoms with Crippen LogP contribution in [0.25, 0.3) is 21.5 Å². The minimum atomic E-state index is 0.759. The molecule has 0 atom stereocenters. The Morgan fingerprint density at radius 2 is 1.37 bits per heavy atom. The summed E-state index contributed by atoms with van der Waals surface area (Å²) in [6.07, 6.45) is 6.87. The first kappa shape index (κ1) is 16.4. The van der Waals surface area contributed by atoms with Crippen molar-refractivity contribution in [2.75, 3.05) is 5.32 Å². The standard InChI is InChI=1S/C26H25N/c1-2-7-19(8-3-1)20-15-17-23(18-16-20)27-25-12-6-10-22-14-13-21-9-4-5-11-24(21)26(22)25/h4-6,9-19,27H,1-3,7-8H2. The van der Waals surface area contributed by atoms with Gasteiger partial charge in [-0.1, -0.05) is 79.9 Å². The Morgan fingerprint density at radius 1 is 0.630 bits per heavy atom. The van der Waals surface area contributed by atoms with Gasteiger partial charge in [0, 0.05) is 16.8 Å². The molecule has 27 heavy (non-hydrogen) atoms. The lowest BCUT2D eigenvalue weighted by atomic mass is 9.84. The molecule has 5 rings (SSSR count). The van der Waals surface area contributed by atoms with Crippen LogP contribution in [0.1, 0.15) is 43.6 Å². The van der Waals surface area contributed by atoms with Gasteiger partial charge in [0.25, 0.3) is 0 Å². The number of fused-ring (bicyclic) bond motifs is 3. The molecule has 1 aliphatic rings. The molecule has 4 aromatic rings. The maximum absolute atomic E-state index is 3.67. The van der Waals surface area contributed by atoms with Crippen molar-refractivity contribution in [3.8, 4) is 0 Å². The highest BCUT2D eigenvalue weighted by molar-refractivity contribution is 6.13. The minimum absolute atomic E-state index is 0.759. The number of benzene rings is 4. The maximum atomic E-state index is 3.67. The Kier molecular flexibility index (Phi) is 4.29. The molecule has 0 heterocycles. The summed E-state index contributed by atoms with van der Waals surface area (Å²) in [5, 5.41) is 8.83. The van der Waals surface area contributed by atoms with Crippen LogP contribution >= 0.6 is 0 Å². The van der Waals surface area contributed by atoms with Crippen LogP contribution in [-0.2, 0) is 0 Å². The van der Waals surface area contributed by atoms with Gasteiger partial charge in [-0.05, 0) is 58.7 Å². The highest BCUT2D eigenvalue weighted by Crippen LogP contribution is 2.35. The van der Waals surface area contributed by atoms with Gasteiger partial charge in [0.05, 0.1) is 0 Å². The van der Waals surface area contributed by atoms with Crippen LogP contribution in [-0.4, -0.2) is 0 Å². The number of rotatable bonds is 3. The van der Waals surface area contributed by atoms with Crippen LogP contribution in [0, 0.1) is 0 Å². The van der Waals surface area contributed by atoms with Crippen molar-refractivity contribution in [1.29, 1.82) is 0 Å². The second kappa shape index (κ2) is 7.08. The molecule has 0 aromatic heterocycles. The van der Waals surface area contributed by atoms with Crippen LogP contribution in [0.5, 0.6) is 0 Å². The summed E-state index contributed by atoms with van der Waals surface area (Å²) in [5.74, 6) is 0.759. The molecular weight excluding hydrogens is 326 g/mol. The molecule has 0 saturated heterocycles. The zero-order chi connectivity index (χ0) is 18.1. The van der Waals surface area contributed by atoms with Crippen LogP contribution in [0.2, 0.25) is 0 Å². The van der Waals surface area contributed by atoms with Gasteiger partial charge >= 0.3 is 0 Å². The Bertz CT molecular complexity index is 1070. The van der Waals surface area contributed by atoms with Gasteiger partial charge in [0.1, 0.15) is 0 Å². The fourth-order valence-electron chi connectivity index (χ4n) is 4.59. The number of hydrogen-bond acceptors (Lipinski definition) is 1. The highest BCUT2D eigenvalue weighted by Gasteiger charge is 2.15. The summed E-state index contributed by atoms with van der Waals surface area (Å²) < 4.78 is 0. The molecule has 134 valence electrons. The van der Waals surface area contributed by atoms with Crippen molar-refractivity contribution >= 4 is 32.9 Å². The third-order valence-corrected chi connectivity index (χ3v) is 6.04. The van der Waals surface area contributed by atoms with Crippen molar-refractivity contribution in [2.45, 2.75) is 38.0 Å². The van der Waals surface area contributed by atoms with E-state index in [1.807, 2.05) is 0 Å². The van der Waals surface area contributed by atoms with Crippen LogP contribution < -0.4 is 5.32 Å². The molecule has 1 saturated carbocycles. The van der Waals surface area contributed by atoms with Gasteiger partial charge < -0.3 is 5.32 Å². The summed E-state index contributed by atoms with van der Waals surface area (Å²) in [6, 6.07) is 28.7. The average Bonchev–Trinajstić information content (AvgIpc) is 2.75. The first-order valence-electron chi connectivity index (χ1n) is 10.2. The molecular formula is C26H25N. The molecule has 0 spiro atoms. The predicted molar refractivity (Wildman–Crippen MR) is 117 cm³/mol. The summed E-state index contributed by atoms with van der Waals surface area (Å²) in [4.78, 5) is 0. The van der Waals surface area contributed by atoms with Crippen molar-refractivity contribution in [2.24, 2.45) is 0 Å². The normalized spacial score (nSPS) is 15.3. The lowest BCUT2D eigenvalue weighted by Gasteiger charge is -2.22. The van der Waals surface area contributed by atoms with Gasteiger partial charge in [0.2, 0.25) is 0 Å². The second-order valence-corrected chi connectivity index (χ2v) is 7.77. The molecule has 1 aliphatic carbocycles. The third kappa shape index (κ3) is 3.19. The highest BCUT2D eigenvalue weighted by atomic mass is 14.9. The molecule has 0 unspecified atom stereocenters. The lowest BCUT2D eigenvalue weighted by molar-refractivity contribution is 0.443. The zero-order valence-corrected chi connectivity index (χ0v) is 15.6. The smallest absolute Gasteiger partial charge is 0.0470 e. The topological polar surface area (TPSA) is 12.0 Å². The molecule has 0 bridgehead atoms. The van der Waals surface area contributed by atoms with Gasteiger partial charge in [-0.2, -0.15) is 0 Å². The van der Waals surface area contributed by atoms with E-state index in [1.54, 1.807) is 0 Å². The van der Waals surface area contributed by atoms with E-state index < -0.39 is 0 Å². The molecule has 1 N–H and O–H groups in total. The quantitative estimate of drug-likeness (QED) is 0.371. The Balaban J connectivity index is 1.50. The van der Waals surface area contributed by atoms with E-state index in [4.69, 9.17) is 0 Å². The van der Waals surface area contributed by atoms with E-state index in [-0.39, 0.29) is 0 Å². The molecule has 0 amide bonds. The van der Waals surface area contributed by atoms with E-state index in [0.29, 0.717) is 0 Å². The maximum Gasteiger partial charge on any atom is 0.0470 e. The number of anilines is 2. The lowest BCUT2D eigenvalue weighted by Crippen LogP contribution is -2.04. The van der Waals surface area contributed by atoms with Crippen molar-refractivity contribution < 1.29 is 0 Å². The fourth-order valence-corrected chi connectivity index (χ4v) is 4.59. The number of hydrogen-bond donors (Lipinski definition) is 1. The Morgan fingerprint density at radius 3 is 2.22 bits per heavy atom. The van der Waals surface area contributed by atoms with E-state index in [9.17, 15) is 0 Å². The first-order chi connectivity index (χ1) is 13.4. The van der Waals surface area contributed by atoms with Gasteiger partial charge in [-0.3, -0.25) is 0 Å². The summed E-state index contributed by atoms with van der Waals surface area (Å²) in [7, 11) is 0. The van der Waals surface area contributed by atoms with Crippen molar-refractivity contribution in [3.05, 3.63) is 84.4 Å². The summed E-state index contributed by atoms with van der Waals surface area (Å²) in [5.41, 5.74) is 3.84. The minimum Gasteiger partial charge on any atom is -0.355 e. The van der Waals surface area contributed by atoms with Gasteiger partial charge in [-0.15, -0.1) is 0 Å². The molecule has 1 fully saturated rings. The Hall–Kier alpha value is -2.80. The third-order valence-electron chi connectivity index (χ3n) is 6.04. The average molecular weight is 351 g/mol. The van der Waals surface area contributed by atoms with Gasteiger partial charge in [-0.25, -0.2) is 0 Å². The zero-order valence-electron chi connectivity index (χ0n) is 15.6. The summed E-state index contributed by atoms with van der Waals surface area (Å²) in [6.45, 7) is 0. The van der Waals surface area contributed by atoms with Crippen LogP contribution in [0.15, 0.2) is 78.9 Å². The molecule has 1 heteroatoms.